The van der Waals surface area contributed by atoms with Crippen molar-refractivity contribution in [3.05, 3.63) is 0 Å². The maximum Gasteiger partial charge on any atom is 0.523 e. The molecule has 0 radical (unpaired) electrons. The molecule has 0 aromatic heterocycles. The lowest BCUT2D eigenvalue weighted by molar-refractivity contribution is -0.468. The van der Waals surface area contributed by atoms with Crippen molar-refractivity contribution < 1.29 is 118 Å². The summed E-state index contributed by atoms with van der Waals surface area (Å²) >= 11 is 0. The van der Waals surface area contributed by atoms with E-state index in [4.69, 9.17) is 0 Å². The molecule has 0 spiro atoms. The first kappa shape index (κ1) is 38.2. The van der Waals surface area contributed by atoms with Gasteiger partial charge in [-0.15, -0.1) is 0 Å². The molecule has 28 heteroatoms. The number of hydrogen-bond donors (Lipinski definition) is 0. The second kappa shape index (κ2) is 9.63. The first-order valence-electron chi connectivity index (χ1n) is 8.14. The van der Waals surface area contributed by atoms with E-state index >= 15 is 0 Å². The molecule has 0 N–H and O–H groups in total. The van der Waals surface area contributed by atoms with E-state index in [9.17, 15) is 114 Å². The molecular weight excluding hydrogens is 680 g/mol. The molecule has 0 aliphatic carbocycles. The first-order chi connectivity index (χ1) is 16.8. The smallest absolute Gasteiger partial charge is 0.219 e. The molecule has 0 saturated carbocycles. The molecule has 0 aliphatic rings. The van der Waals surface area contributed by atoms with Crippen LogP contribution in [0, 0.1) is 0 Å². The third-order valence-corrected chi connectivity index (χ3v) is 5.25. The fourth-order valence-corrected chi connectivity index (χ4v) is 2.36. The van der Waals surface area contributed by atoms with Gasteiger partial charge >= 0.3 is 75.4 Å². The van der Waals surface area contributed by atoms with E-state index in [-0.39, 0.29) is 0 Å². The molecule has 0 aromatic carbocycles. The summed E-state index contributed by atoms with van der Waals surface area (Å²) < 4.78 is 334. The van der Waals surface area contributed by atoms with Crippen molar-refractivity contribution >= 4 is 10.1 Å². The monoisotopic (exact) mass is 682 g/mol. The third-order valence-electron chi connectivity index (χ3n) is 4.26. The minimum absolute atomic E-state index is 1.64. The fraction of sp³-hybridized carbons (Fsp3) is 1.00. The molecule has 0 amide bonds. The van der Waals surface area contributed by atoms with Gasteiger partial charge in [-0.1, -0.05) is 0 Å². The Morgan fingerprint density at radius 1 is 0.400 bits per heavy atom. The van der Waals surface area contributed by atoms with E-state index in [0.717, 1.165) is 0 Å². The van der Waals surface area contributed by atoms with Crippen LogP contribution < -0.4 is 0 Å². The predicted octanol–water partition coefficient (Wildman–Crippen LogP) is 7.13. The van der Waals surface area contributed by atoms with Crippen LogP contribution in [0.5, 0.6) is 0 Å². The summed E-state index contributed by atoms with van der Waals surface area (Å²) in [5.41, 5.74) is -7.11. The summed E-state index contributed by atoms with van der Waals surface area (Å²) in [6, 6.07) is 0. The third kappa shape index (κ3) is 4.86. The van der Waals surface area contributed by atoms with E-state index in [1.54, 1.807) is 4.18 Å². The molecule has 242 valence electrons. The number of alkyl halides is 24. The Morgan fingerprint density at radius 2 is 0.625 bits per heavy atom. The van der Waals surface area contributed by atoms with Gasteiger partial charge in [0.1, 0.15) is 0 Å². The largest absolute Gasteiger partial charge is 0.523 e. The normalized spacial score (nSPS) is 17.4. The highest BCUT2D eigenvalue weighted by Gasteiger charge is 2.97. The van der Waals surface area contributed by atoms with Gasteiger partial charge in [0.2, 0.25) is 0 Å². The highest BCUT2D eigenvalue weighted by atomic mass is 32.2. The Kier molecular flexibility index (Phi) is 9.21. The molecule has 0 heterocycles. The van der Waals surface area contributed by atoms with Gasteiger partial charge in [0.05, 0.1) is 0 Å². The van der Waals surface area contributed by atoms with Crippen molar-refractivity contribution in [2.75, 3.05) is 0 Å². The summed E-state index contributed by atoms with van der Waals surface area (Å²) in [6.07, 6.45) is -12.8. The molecule has 0 aromatic rings. The summed E-state index contributed by atoms with van der Waals surface area (Å²) in [5, 5.41) is 0. The Hall–Kier alpha value is -1.77. The molecule has 1 atom stereocenters. The molecule has 0 rings (SSSR count). The number of rotatable bonds is 12. The van der Waals surface area contributed by atoms with Gasteiger partial charge in [-0.3, -0.25) is 0 Å². The van der Waals surface area contributed by atoms with Crippen molar-refractivity contribution in [3.63, 3.8) is 0 Å². The van der Waals surface area contributed by atoms with Crippen molar-refractivity contribution in [1.82, 2.24) is 0 Å². The Morgan fingerprint density at radius 3 is 0.850 bits per heavy atom. The molecule has 1 unspecified atom stereocenters. The van der Waals surface area contributed by atoms with Crippen molar-refractivity contribution in [2.45, 2.75) is 71.6 Å². The van der Waals surface area contributed by atoms with Gasteiger partial charge in [0.25, 0.3) is 6.36 Å². The van der Waals surface area contributed by atoms with Gasteiger partial charge in [0, 0.05) is 0 Å². The standard InChI is InChI=1S/C12H2F24O3S/c13-1(14)3(16,17)5(20,21)7(24,25)9(28,29)11(32,33)10(30,31)8(26,27)6(22,23)4(18,19)2(15)39-40(37,38)12(34,35)36/h1-2H. The molecule has 3 nitrogen and oxygen atoms in total. The van der Waals surface area contributed by atoms with Crippen LogP contribution in [0.2, 0.25) is 0 Å². The van der Waals surface area contributed by atoms with Gasteiger partial charge in [-0.25, -0.2) is 17.4 Å². The summed E-state index contributed by atoms with van der Waals surface area (Å²) in [5.74, 6) is -80.5. The van der Waals surface area contributed by atoms with Crippen LogP contribution in [0.15, 0.2) is 0 Å². The zero-order valence-corrected chi connectivity index (χ0v) is 17.7. The second-order valence-electron chi connectivity index (χ2n) is 6.88. The highest BCUT2D eigenvalue weighted by molar-refractivity contribution is 7.87. The van der Waals surface area contributed by atoms with Gasteiger partial charge in [-0.2, -0.15) is 101 Å². The second-order valence-corrected chi connectivity index (χ2v) is 8.44. The lowest BCUT2D eigenvalue weighted by Crippen LogP contribution is -2.76. The minimum atomic E-state index is -9.45. The highest BCUT2D eigenvalue weighted by Crippen LogP contribution is 2.65. The van der Waals surface area contributed by atoms with E-state index < -0.39 is 81.7 Å². The molecule has 40 heavy (non-hydrogen) atoms. The lowest BCUT2D eigenvalue weighted by Gasteiger charge is -2.44. The maximum atomic E-state index is 13.5. The minimum Gasteiger partial charge on any atom is -0.219 e. The molecule has 0 saturated heterocycles. The molecule has 0 aliphatic heterocycles. The van der Waals surface area contributed by atoms with Crippen LogP contribution in [0.25, 0.3) is 0 Å². The molecule has 0 bridgehead atoms. The molecule has 0 fully saturated rings. The summed E-state index contributed by atoms with van der Waals surface area (Å²) in [6.45, 7) is 0. The van der Waals surface area contributed by atoms with Crippen molar-refractivity contribution in [3.8, 4) is 0 Å². The van der Waals surface area contributed by atoms with E-state index in [1.807, 2.05) is 0 Å². The fourth-order valence-electron chi connectivity index (χ4n) is 1.91. The van der Waals surface area contributed by atoms with Crippen LogP contribution in [-0.4, -0.2) is 80.0 Å². The first-order valence-corrected chi connectivity index (χ1v) is 9.55. The van der Waals surface area contributed by atoms with Gasteiger partial charge < -0.3 is 0 Å². The van der Waals surface area contributed by atoms with Gasteiger partial charge in [-0.05, 0) is 0 Å². The van der Waals surface area contributed by atoms with Crippen LogP contribution in [0.1, 0.15) is 0 Å². The van der Waals surface area contributed by atoms with E-state index in [0.29, 0.717) is 0 Å². The zero-order chi connectivity index (χ0) is 33.4. The van der Waals surface area contributed by atoms with E-state index in [2.05, 4.69) is 0 Å². The SMILES string of the molecule is O=S(=O)(OC(F)C(F)(F)C(F)(F)C(F)(F)C(F)(F)C(F)(F)C(F)(F)C(F)(F)C(F)(F)C(F)(F)C(F)F)C(F)(F)F. The average Bonchev–Trinajstić information content (AvgIpc) is 2.70. The number of halogens is 24. The quantitative estimate of drug-likeness (QED) is 0.125. The van der Waals surface area contributed by atoms with Crippen LogP contribution in [0.4, 0.5) is 105 Å². The number of hydrogen-bond acceptors (Lipinski definition) is 3. The maximum absolute atomic E-state index is 13.5. The lowest BCUT2D eigenvalue weighted by atomic mass is 9.86. The Bertz CT molecular complexity index is 1020. The van der Waals surface area contributed by atoms with Crippen molar-refractivity contribution in [1.29, 1.82) is 0 Å². The van der Waals surface area contributed by atoms with Crippen LogP contribution in [0.3, 0.4) is 0 Å². The topological polar surface area (TPSA) is 43.4 Å². The van der Waals surface area contributed by atoms with Crippen molar-refractivity contribution in [2.24, 2.45) is 0 Å². The van der Waals surface area contributed by atoms with Gasteiger partial charge in [0.15, 0.2) is 0 Å². The molecular formula is C12H2F24O3S. The van der Waals surface area contributed by atoms with E-state index in [1.165, 1.54) is 0 Å². The van der Waals surface area contributed by atoms with Crippen LogP contribution in [-0.2, 0) is 14.3 Å². The Balaban J connectivity index is 7.06. The zero-order valence-electron chi connectivity index (χ0n) is 16.9. The van der Waals surface area contributed by atoms with Crippen LogP contribution >= 0.6 is 0 Å². The summed E-state index contributed by atoms with van der Waals surface area (Å²) in [4.78, 5) is 0. The summed E-state index contributed by atoms with van der Waals surface area (Å²) in [7, 11) is -7.93. The average molecular weight is 682 g/mol. The predicted molar refractivity (Wildman–Crippen MR) is 71.5 cm³/mol. The Labute approximate surface area is 201 Å².